The molecule has 0 aliphatic rings. The van der Waals surface area contributed by atoms with E-state index in [2.05, 4.69) is 5.43 Å². The summed E-state index contributed by atoms with van der Waals surface area (Å²) in [4.78, 5) is 24.7. The Balaban J connectivity index is 2.41. The number of nitrogens with zero attached hydrogens (tertiary/aromatic N) is 2. The van der Waals surface area contributed by atoms with E-state index in [9.17, 15) is 9.59 Å². The first-order chi connectivity index (χ1) is 8.60. The molecule has 0 radical (unpaired) electrons. The first kappa shape index (κ1) is 12.0. The highest BCUT2D eigenvalue weighted by atomic mass is 35.5. The number of aromatic amines is 1. The third-order valence-corrected chi connectivity index (χ3v) is 2.41. The molecule has 0 unspecified atom stereocenters. The van der Waals surface area contributed by atoms with Crippen molar-refractivity contribution in [2.24, 2.45) is 0 Å². The SMILES string of the molecule is N#Cc1cn(Nc2ccc(Cl)cc2)c(=O)[nH]c1=O. The van der Waals surface area contributed by atoms with Gasteiger partial charge in [0.25, 0.3) is 5.56 Å². The number of nitrogens with one attached hydrogen (secondary N) is 2. The standard InChI is InChI=1S/C11H7ClN4O2/c12-8-1-3-9(4-2-8)15-16-6-7(5-13)10(17)14-11(16)18/h1-4,6,15H,(H,14,17,18). The molecule has 6 nitrogen and oxygen atoms in total. The van der Waals surface area contributed by atoms with Crippen LogP contribution in [-0.2, 0) is 0 Å². The van der Waals surface area contributed by atoms with E-state index in [1.165, 1.54) is 0 Å². The lowest BCUT2D eigenvalue weighted by atomic mass is 10.3. The monoisotopic (exact) mass is 262 g/mol. The Labute approximate surface area is 106 Å². The normalized spacial score (nSPS) is 9.78. The van der Waals surface area contributed by atoms with Crippen LogP contribution in [0.1, 0.15) is 5.56 Å². The van der Waals surface area contributed by atoms with Gasteiger partial charge in [0.15, 0.2) is 0 Å². The number of nitriles is 1. The number of H-pyrrole nitrogens is 1. The Kier molecular flexibility index (Phi) is 3.17. The van der Waals surface area contributed by atoms with Gasteiger partial charge in [0, 0.05) is 5.02 Å². The summed E-state index contributed by atoms with van der Waals surface area (Å²) in [7, 11) is 0. The molecule has 7 heteroatoms. The zero-order valence-corrected chi connectivity index (χ0v) is 9.73. The molecular weight excluding hydrogens is 256 g/mol. The fourth-order valence-electron chi connectivity index (χ4n) is 1.30. The Morgan fingerprint density at radius 1 is 1.28 bits per heavy atom. The number of halogens is 1. The van der Waals surface area contributed by atoms with Gasteiger partial charge < -0.3 is 0 Å². The van der Waals surface area contributed by atoms with Gasteiger partial charge in [-0.05, 0) is 24.3 Å². The number of anilines is 1. The largest absolute Gasteiger partial charge is 0.347 e. The molecule has 0 atom stereocenters. The van der Waals surface area contributed by atoms with Crippen molar-refractivity contribution in [3.63, 3.8) is 0 Å². The lowest BCUT2D eigenvalue weighted by molar-refractivity contribution is 0.826. The van der Waals surface area contributed by atoms with Crippen LogP contribution in [0.3, 0.4) is 0 Å². The van der Waals surface area contributed by atoms with Crippen molar-refractivity contribution in [1.29, 1.82) is 5.26 Å². The molecule has 1 aromatic carbocycles. The predicted molar refractivity (Wildman–Crippen MR) is 66.5 cm³/mol. The van der Waals surface area contributed by atoms with Gasteiger partial charge in [-0.2, -0.15) is 5.26 Å². The summed E-state index contributed by atoms with van der Waals surface area (Å²) in [5, 5.41) is 9.27. The Morgan fingerprint density at radius 2 is 1.94 bits per heavy atom. The molecule has 90 valence electrons. The maximum atomic E-state index is 11.5. The van der Waals surface area contributed by atoms with Crippen LogP contribution < -0.4 is 16.7 Å². The summed E-state index contributed by atoms with van der Waals surface area (Å²) in [5.41, 5.74) is 1.79. The van der Waals surface area contributed by atoms with Gasteiger partial charge in [0.2, 0.25) is 0 Å². The van der Waals surface area contributed by atoms with Crippen LogP contribution in [0.4, 0.5) is 5.69 Å². The van der Waals surface area contributed by atoms with Crippen LogP contribution in [0.25, 0.3) is 0 Å². The maximum absolute atomic E-state index is 11.5. The quantitative estimate of drug-likeness (QED) is 0.843. The summed E-state index contributed by atoms with van der Waals surface area (Å²) in [6.07, 6.45) is 1.13. The van der Waals surface area contributed by atoms with E-state index in [1.807, 2.05) is 4.98 Å². The number of benzene rings is 1. The summed E-state index contributed by atoms with van der Waals surface area (Å²) in [5.74, 6) is 0. The Hall–Kier alpha value is -2.52. The van der Waals surface area contributed by atoms with Gasteiger partial charge in [0.05, 0.1) is 11.9 Å². The van der Waals surface area contributed by atoms with Gasteiger partial charge in [-0.15, -0.1) is 0 Å². The second-order valence-corrected chi connectivity index (χ2v) is 3.84. The topological polar surface area (TPSA) is 90.7 Å². The molecule has 0 spiro atoms. The maximum Gasteiger partial charge on any atom is 0.347 e. The van der Waals surface area contributed by atoms with Crippen molar-refractivity contribution in [3.8, 4) is 6.07 Å². The van der Waals surface area contributed by atoms with E-state index in [0.717, 1.165) is 10.9 Å². The van der Waals surface area contributed by atoms with E-state index in [4.69, 9.17) is 16.9 Å². The molecule has 2 aromatic rings. The molecule has 0 amide bonds. The predicted octanol–water partition coefficient (Wildman–Crippen LogP) is 0.937. The second-order valence-electron chi connectivity index (χ2n) is 3.40. The number of hydrogen-bond donors (Lipinski definition) is 2. The van der Waals surface area contributed by atoms with Gasteiger partial charge in [-0.3, -0.25) is 15.2 Å². The molecule has 1 heterocycles. The van der Waals surface area contributed by atoms with Crippen molar-refractivity contribution >= 4 is 17.3 Å². The van der Waals surface area contributed by atoms with E-state index in [1.54, 1.807) is 30.3 Å². The molecule has 0 aliphatic carbocycles. The van der Waals surface area contributed by atoms with Gasteiger partial charge >= 0.3 is 5.69 Å². The van der Waals surface area contributed by atoms with Crippen LogP contribution in [0.5, 0.6) is 0 Å². The number of hydrogen-bond acceptors (Lipinski definition) is 4. The molecule has 0 aliphatic heterocycles. The van der Waals surface area contributed by atoms with Crippen molar-refractivity contribution in [3.05, 3.63) is 61.9 Å². The Morgan fingerprint density at radius 3 is 2.56 bits per heavy atom. The van der Waals surface area contributed by atoms with Crippen molar-refractivity contribution in [2.75, 3.05) is 5.43 Å². The molecule has 0 fully saturated rings. The zero-order valence-electron chi connectivity index (χ0n) is 8.98. The van der Waals surface area contributed by atoms with E-state index in [-0.39, 0.29) is 5.56 Å². The van der Waals surface area contributed by atoms with Crippen molar-refractivity contribution in [1.82, 2.24) is 9.66 Å². The smallest absolute Gasteiger partial charge is 0.290 e. The molecule has 0 saturated carbocycles. The van der Waals surface area contributed by atoms with Crippen LogP contribution in [-0.4, -0.2) is 9.66 Å². The number of rotatable bonds is 2. The summed E-state index contributed by atoms with van der Waals surface area (Å²) < 4.78 is 1.02. The van der Waals surface area contributed by atoms with Crippen molar-refractivity contribution in [2.45, 2.75) is 0 Å². The van der Waals surface area contributed by atoms with Crippen molar-refractivity contribution < 1.29 is 0 Å². The van der Waals surface area contributed by atoms with E-state index < -0.39 is 11.2 Å². The first-order valence-electron chi connectivity index (χ1n) is 4.89. The van der Waals surface area contributed by atoms with Gasteiger partial charge in [-0.25, -0.2) is 9.47 Å². The third kappa shape index (κ3) is 2.42. The van der Waals surface area contributed by atoms with E-state index in [0.29, 0.717) is 10.7 Å². The molecule has 2 rings (SSSR count). The molecule has 0 saturated heterocycles. The highest BCUT2D eigenvalue weighted by Crippen LogP contribution is 2.12. The van der Waals surface area contributed by atoms with Crippen LogP contribution in [0.15, 0.2) is 40.1 Å². The fourth-order valence-corrected chi connectivity index (χ4v) is 1.42. The molecule has 0 bridgehead atoms. The lowest BCUT2D eigenvalue weighted by Gasteiger charge is -2.08. The highest BCUT2D eigenvalue weighted by molar-refractivity contribution is 6.30. The van der Waals surface area contributed by atoms with Gasteiger partial charge in [-0.1, -0.05) is 11.6 Å². The number of aromatic nitrogens is 2. The summed E-state index contributed by atoms with van der Waals surface area (Å²) >= 11 is 5.73. The average molecular weight is 263 g/mol. The van der Waals surface area contributed by atoms with Crippen LogP contribution >= 0.6 is 11.6 Å². The summed E-state index contributed by atoms with van der Waals surface area (Å²) in [6.45, 7) is 0. The van der Waals surface area contributed by atoms with Gasteiger partial charge in [0.1, 0.15) is 11.6 Å². The minimum absolute atomic E-state index is 0.156. The van der Waals surface area contributed by atoms with Crippen LogP contribution in [0.2, 0.25) is 5.02 Å². The molecule has 2 N–H and O–H groups in total. The average Bonchev–Trinajstić information content (AvgIpc) is 2.35. The molecular formula is C11H7ClN4O2. The fraction of sp³-hybridized carbons (Fsp3) is 0. The first-order valence-corrected chi connectivity index (χ1v) is 5.26. The highest BCUT2D eigenvalue weighted by Gasteiger charge is 2.03. The zero-order chi connectivity index (χ0) is 13.1. The third-order valence-electron chi connectivity index (χ3n) is 2.16. The Bertz CT molecular complexity index is 724. The summed E-state index contributed by atoms with van der Waals surface area (Å²) in [6, 6.07) is 8.30. The second kappa shape index (κ2) is 4.77. The minimum Gasteiger partial charge on any atom is -0.290 e. The molecule has 18 heavy (non-hydrogen) atoms. The lowest BCUT2D eigenvalue weighted by Crippen LogP contribution is -2.34. The minimum atomic E-state index is -0.711. The van der Waals surface area contributed by atoms with E-state index >= 15 is 0 Å². The van der Waals surface area contributed by atoms with Crippen LogP contribution in [0, 0.1) is 11.3 Å². The molecule has 1 aromatic heterocycles.